The van der Waals surface area contributed by atoms with E-state index >= 15 is 0 Å². The van der Waals surface area contributed by atoms with E-state index in [2.05, 4.69) is 0 Å². The van der Waals surface area contributed by atoms with Gasteiger partial charge in [-0.1, -0.05) is 18.2 Å². The molecule has 0 amide bonds. The number of hydrogen-bond donors (Lipinski definition) is 1. The summed E-state index contributed by atoms with van der Waals surface area (Å²) in [6, 6.07) is 9.11. The van der Waals surface area contributed by atoms with Gasteiger partial charge in [0.2, 0.25) is 0 Å². The minimum absolute atomic E-state index is 0.319. The van der Waals surface area contributed by atoms with Gasteiger partial charge < -0.3 is 5.11 Å². The lowest BCUT2D eigenvalue weighted by molar-refractivity contribution is -0.188. The van der Waals surface area contributed by atoms with Gasteiger partial charge in [0.15, 0.2) is 5.92 Å². The van der Waals surface area contributed by atoms with Crippen molar-refractivity contribution in [1.29, 1.82) is 0 Å². The third kappa shape index (κ3) is 3.88. The van der Waals surface area contributed by atoms with Crippen LogP contribution in [0.1, 0.15) is 12.8 Å². The molecule has 1 aromatic carbocycles. The topological polar surface area (TPSA) is 37.3 Å². The van der Waals surface area contributed by atoms with E-state index in [1.165, 1.54) is 0 Å². The number of carbonyl (C=O) groups is 1. The van der Waals surface area contributed by atoms with Crippen LogP contribution in [0, 0.1) is 5.92 Å². The van der Waals surface area contributed by atoms with Crippen LogP contribution in [0.5, 0.6) is 0 Å². The molecular weight excluding hydrogens is 321 g/mol. The number of rotatable bonds is 4. The molecule has 1 aliphatic rings. The lowest BCUT2D eigenvalue weighted by atomic mass is 10.2. The number of benzene rings is 1. The van der Waals surface area contributed by atoms with Crippen molar-refractivity contribution in [2.75, 3.05) is 17.3 Å². The van der Waals surface area contributed by atoms with Crippen molar-refractivity contribution in [3.05, 3.63) is 30.3 Å². The summed E-state index contributed by atoms with van der Waals surface area (Å²) in [5, 5.41) is 8.98. The molecule has 2 rings (SSSR count). The molecule has 0 spiro atoms. The van der Waals surface area contributed by atoms with E-state index < -0.39 is 27.1 Å². The molecule has 1 saturated heterocycles. The van der Waals surface area contributed by atoms with Gasteiger partial charge in [-0.2, -0.15) is 22.2 Å². The zero-order valence-corrected chi connectivity index (χ0v) is 12.9. The van der Waals surface area contributed by atoms with Gasteiger partial charge in [0, 0.05) is 11.5 Å². The summed E-state index contributed by atoms with van der Waals surface area (Å²) in [5.41, 5.74) is 0. The summed E-state index contributed by atoms with van der Waals surface area (Å²) < 4.78 is 39.1. The number of aliphatic carboxylic acids is 1. The van der Waals surface area contributed by atoms with E-state index in [1.807, 2.05) is 30.3 Å². The first-order valence-corrected chi connectivity index (χ1v) is 10.1. The molecule has 1 fully saturated rings. The first kappa shape index (κ1) is 16.5. The molecule has 21 heavy (non-hydrogen) atoms. The Balaban J connectivity index is 2.35. The van der Waals surface area contributed by atoms with Crippen LogP contribution >= 0.6 is 19.9 Å². The quantitative estimate of drug-likeness (QED) is 0.818. The lowest BCUT2D eigenvalue weighted by Crippen LogP contribution is -2.36. The highest BCUT2D eigenvalue weighted by Gasteiger charge is 2.49. The number of halogens is 3. The Morgan fingerprint density at radius 3 is 2.43 bits per heavy atom. The van der Waals surface area contributed by atoms with Gasteiger partial charge in [-0.3, -0.25) is 4.79 Å². The highest BCUT2D eigenvalue weighted by Crippen LogP contribution is 2.69. The van der Waals surface area contributed by atoms with Crippen LogP contribution in [0.3, 0.4) is 0 Å². The van der Waals surface area contributed by atoms with E-state index in [0.29, 0.717) is 5.75 Å². The molecule has 0 bridgehead atoms. The molecule has 118 valence electrons. The maximum absolute atomic E-state index is 13.0. The first-order valence-electron chi connectivity index (χ1n) is 6.63. The Hall–Kier alpha value is -0.820. The molecule has 2 unspecified atom stereocenters. The van der Waals surface area contributed by atoms with Crippen molar-refractivity contribution in [3.63, 3.8) is 0 Å². The summed E-state index contributed by atoms with van der Waals surface area (Å²) in [6.07, 6.45) is -2.85. The van der Waals surface area contributed by atoms with Crippen LogP contribution in [0.15, 0.2) is 35.2 Å². The minimum atomic E-state index is -4.70. The summed E-state index contributed by atoms with van der Waals surface area (Å²) in [5.74, 6) is -2.90. The van der Waals surface area contributed by atoms with Crippen molar-refractivity contribution in [1.82, 2.24) is 0 Å². The Morgan fingerprint density at radius 2 is 1.95 bits per heavy atom. The van der Waals surface area contributed by atoms with Gasteiger partial charge >= 0.3 is 12.1 Å². The van der Waals surface area contributed by atoms with Gasteiger partial charge in [-0.15, -0.1) is 10.8 Å². The zero-order valence-electron chi connectivity index (χ0n) is 11.3. The number of alkyl halides is 3. The van der Waals surface area contributed by atoms with Crippen molar-refractivity contribution in [2.24, 2.45) is 5.92 Å². The summed E-state index contributed by atoms with van der Waals surface area (Å²) in [7, 11) is -0.242. The number of hydrogen-bond acceptors (Lipinski definition) is 2. The van der Waals surface area contributed by atoms with Crippen LogP contribution in [0.2, 0.25) is 0 Å². The monoisotopic (exact) mass is 338 g/mol. The second kappa shape index (κ2) is 6.52. The van der Waals surface area contributed by atoms with E-state index in [4.69, 9.17) is 5.11 Å². The molecule has 1 N–H and O–H groups in total. The van der Waals surface area contributed by atoms with Crippen molar-refractivity contribution in [2.45, 2.75) is 23.9 Å². The van der Waals surface area contributed by atoms with Gasteiger partial charge in [0.1, 0.15) is 0 Å². The van der Waals surface area contributed by atoms with Gasteiger partial charge in [-0.25, -0.2) is 0 Å². The Labute approximate surface area is 126 Å². The van der Waals surface area contributed by atoms with E-state index in [1.54, 1.807) is 10.8 Å². The predicted molar refractivity (Wildman–Crippen MR) is 80.9 cm³/mol. The second-order valence-electron chi connectivity index (χ2n) is 4.96. The Morgan fingerprint density at radius 1 is 1.29 bits per heavy atom. The number of carboxylic acids is 1. The molecule has 1 aromatic rings. The zero-order chi connectivity index (χ0) is 15.5. The van der Waals surface area contributed by atoms with E-state index in [0.717, 1.165) is 23.5 Å². The van der Waals surface area contributed by atoms with Crippen LogP contribution in [-0.4, -0.2) is 34.5 Å². The maximum atomic E-state index is 13.0. The fraction of sp³-hybridized carbons (Fsp3) is 0.500. The molecule has 0 aliphatic carbocycles. The highest BCUT2D eigenvalue weighted by molar-refractivity contribution is 8.94. The average Bonchev–Trinajstić information content (AvgIpc) is 2.45. The standard InChI is InChI=1S/C14H17F3O2S2/c15-14(16,17)12(13(18)19)10-21(9-5-4-8-20-21)11-6-2-1-3-7-11/h1-3,6-7,12H,4-5,8-10H2,(H,18,19). The van der Waals surface area contributed by atoms with E-state index in [9.17, 15) is 18.0 Å². The second-order valence-corrected chi connectivity index (χ2v) is 11.1. The third-order valence-electron chi connectivity index (χ3n) is 3.48. The molecule has 2 atom stereocenters. The maximum Gasteiger partial charge on any atom is 0.402 e. The molecule has 0 radical (unpaired) electrons. The smallest absolute Gasteiger partial charge is 0.402 e. The fourth-order valence-electron chi connectivity index (χ4n) is 2.37. The van der Waals surface area contributed by atoms with E-state index in [-0.39, 0.29) is 5.75 Å². The summed E-state index contributed by atoms with van der Waals surface area (Å²) in [6.45, 7) is 0. The van der Waals surface area contributed by atoms with Gasteiger partial charge in [0.05, 0.1) is 0 Å². The SMILES string of the molecule is O=C(O)C(CS1(c2ccccc2)CCCCS1)C(F)(F)F. The Kier molecular flexibility index (Phi) is 5.14. The van der Waals surface area contributed by atoms with Crippen LogP contribution in [0.25, 0.3) is 0 Å². The normalized spacial score (nSPS) is 27.6. The molecular formula is C14H17F3O2S2. The third-order valence-corrected chi connectivity index (χ3v) is 10.7. The molecule has 0 saturated carbocycles. The summed E-state index contributed by atoms with van der Waals surface area (Å²) >= 11 is 0. The molecule has 0 aromatic heterocycles. The summed E-state index contributed by atoms with van der Waals surface area (Å²) in [4.78, 5) is 12.0. The molecule has 1 heterocycles. The van der Waals surface area contributed by atoms with Crippen LogP contribution < -0.4 is 0 Å². The molecule has 1 aliphatic heterocycles. The molecule has 2 nitrogen and oxygen atoms in total. The molecule has 7 heteroatoms. The van der Waals surface area contributed by atoms with Crippen molar-refractivity contribution >= 4 is 25.8 Å². The van der Waals surface area contributed by atoms with Crippen LogP contribution in [0.4, 0.5) is 13.2 Å². The lowest BCUT2D eigenvalue weighted by Gasteiger charge is -2.44. The minimum Gasteiger partial charge on any atom is -0.481 e. The average molecular weight is 338 g/mol. The first-order chi connectivity index (χ1) is 9.85. The van der Waals surface area contributed by atoms with Gasteiger partial charge in [-0.05, 0) is 35.6 Å². The largest absolute Gasteiger partial charge is 0.481 e. The highest BCUT2D eigenvalue weighted by atomic mass is 33.2. The Bertz CT molecular complexity index is 485. The van der Waals surface area contributed by atoms with Crippen LogP contribution in [-0.2, 0) is 4.79 Å². The van der Waals surface area contributed by atoms with Crippen molar-refractivity contribution in [3.8, 4) is 0 Å². The van der Waals surface area contributed by atoms with Crippen molar-refractivity contribution < 1.29 is 23.1 Å². The van der Waals surface area contributed by atoms with Gasteiger partial charge in [0.25, 0.3) is 0 Å². The number of carboxylic acid groups (broad SMARTS) is 1. The fourth-order valence-corrected chi connectivity index (χ4v) is 9.61. The predicted octanol–water partition coefficient (Wildman–Crippen LogP) is 4.56.